The number of nitrogens with zero attached hydrogens (tertiary/aromatic N) is 4. The van der Waals surface area contributed by atoms with Gasteiger partial charge in [0.05, 0.1) is 11.6 Å². The summed E-state index contributed by atoms with van der Waals surface area (Å²) in [5, 5.41) is 3.98. The maximum Gasteiger partial charge on any atom is 0.251 e. The smallest absolute Gasteiger partial charge is 0.251 e. The Hall–Kier alpha value is -3.19. The number of hydrogen-bond donors (Lipinski definition) is 2. The second kappa shape index (κ2) is 8.28. The number of rotatable bonds is 4. The molecule has 1 amide bonds. The fourth-order valence-corrected chi connectivity index (χ4v) is 3.75. The second-order valence-corrected chi connectivity index (χ2v) is 8.03. The van der Waals surface area contributed by atoms with E-state index in [1.807, 2.05) is 50.2 Å². The van der Waals surface area contributed by atoms with Crippen molar-refractivity contribution in [3.63, 3.8) is 0 Å². The maximum absolute atomic E-state index is 12.8. The van der Waals surface area contributed by atoms with E-state index in [2.05, 4.69) is 32.1 Å². The zero-order chi connectivity index (χ0) is 21.3. The third-order valence-corrected chi connectivity index (χ3v) is 5.68. The van der Waals surface area contributed by atoms with E-state index in [1.54, 1.807) is 6.07 Å². The van der Waals surface area contributed by atoms with Crippen LogP contribution in [-0.2, 0) is 0 Å². The van der Waals surface area contributed by atoms with Crippen LogP contribution < -0.4 is 16.0 Å². The number of nitrogens with two attached hydrogens (primary N) is 1. The average Bonchev–Trinajstić information content (AvgIpc) is 2.73. The maximum atomic E-state index is 12.8. The summed E-state index contributed by atoms with van der Waals surface area (Å²) in [6.45, 7) is 7.75. The predicted molar refractivity (Wildman–Crippen MR) is 121 cm³/mol. The SMILES string of the molecule is Cc1ccc([C@H](C)NC(=O)c2ccc3c(N4CCN(C)CC4)nc(N)nc3c2)cc1. The molecule has 0 bridgehead atoms. The largest absolute Gasteiger partial charge is 0.368 e. The number of likely N-dealkylation sites (N-methyl/N-ethyl adjacent to an activating group) is 1. The van der Waals surface area contributed by atoms with Crippen molar-refractivity contribution in [2.45, 2.75) is 19.9 Å². The van der Waals surface area contributed by atoms with E-state index in [-0.39, 0.29) is 17.9 Å². The van der Waals surface area contributed by atoms with Crippen LogP contribution in [0.2, 0.25) is 0 Å². The molecule has 30 heavy (non-hydrogen) atoms. The van der Waals surface area contributed by atoms with Crippen molar-refractivity contribution in [2.75, 3.05) is 43.9 Å². The molecule has 1 fully saturated rings. The van der Waals surface area contributed by atoms with Crippen LogP contribution in [0.15, 0.2) is 42.5 Å². The molecule has 3 N–H and O–H groups in total. The quantitative estimate of drug-likeness (QED) is 0.695. The van der Waals surface area contributed by atoms with Gasteiger partial charge in [-0.15, -0.1) is 0 Å². The lowest BCUT2D eigenvalue weighted by molar-refractivity contribution is 0.0940. The van der Waals surface area contributed by atoms with Gasteiger partial charge in [0.15, 0.2) is 0 Å². The Balaban J connectivity index is 1.58. The molecule has 1 aliphatic rings. The van der Waals surface area contributed by atoms with Crippen molar-refractivity contribution < 1.29 is 4.79 Å². The zero-order valence-corrected chi connectivity index (χ0v) is 17.7. The van der Waals surface area contributed by atoms with Crippen LogP contribution in [0.4, 0.5) is 11.8 Å². The molecule has 0 radical (unpaired) electrons. The Kier molecular flexibility index (Phi) is 5.55. The highest BCUT2D eigenvalue weighted by atomic mass is 16.1. The summed E-state index contributed by atoms with van der Waals surface area (Å²) in [7, 11) is 2.12. The van der Waals surface area contributed by atoms with Crippen molar-refractivity contribution in [1.82, 2.24) is 20.2 Å². The van der Waals surface area contributed by atoms with Crippen molar-refractivity contribution >= 4 is 28.6 Å². The highest BCUT2D eigenvalue weighted by Crippen LogP contribution is 2.27. The molecule has 0 unspecified atom stereocenters. The number of benzene rings is 2. The molecule has 2 heterocycles. The van der Waals surface area contributed by atoms with Gasteiger partial charge in [0, 0.05) is 37.1 Å². The van der Waals surface area contributed by atoms with Gasteiger partial charge in [-0.3, -0.25) is 4.79 Å². The van der Waals surface area contributed by atoms with Crippen molar-refractivity contribution in [2.24, 2.45) is 0 Å². The fourth-order valence-electron chi connectivity index (χ4n) is 3.75. The van der Waals surface area contributed by atoms with E-state index in [9.17, 15) is 4.79 Å². The number of nitrogens with one attached hydrogen (secondary N) is 1. The summed E-state index contributed by atoms with van der Waals surface area (Å²) in [5.41, 5.74) is 9.50. The van der Waals surface area contributed by atoms with Gasteiger partial charge in [0.2, 0.25) is 5.95 Å². The van der Waals surface area contributed by atoms with Crippen LogP contribution in [0.1, 0.15) is 34.5 Å². The molecule has 0 aliphatic carbocycles. The highest BCUT2D eigenvalue weighted by Gasteiger charge is 2.20. The van der Waals surface area contributed by atoms with Crippen molar-refractivity contribution in [1.29, 1.82) is 0 Å². The van der Waals surface area contributed by atoms with Gasteiger partial charge in [-0.2, -0.15) is 4.98 Å². The van der Waals surface area contributed by atoms with E-state index in [4.69, 9.17) is 5.73 Å². The van der Waals surface area contributed by atoms with Gasteiger partial charge in [-0.25, -0.2) is 4.98 Å². The lowest BCUT2D eigenvalue weighted by Crippen LogP contribution is -2.45. The summed E-state index contributed by atoms with van der Waals surface area (Å²) < 4.78 is 0. The van der Waals surface area contributed by atoms with Crippen LogP contribution in [-0.4, -0.2) is 54.0 Å². The van der Waals surface area contributed by atoms with Crippen LogP contribution in [0.5, 0.6) is 0 Å². The number of amides is 1. The molecule has 1 aliphatic heterocycles. The van der Waals surface area contributed by atoms with Crippen LogP contribution in [0.3, 0.4) is 0 Å². The number of aromatic nitrogens is 2. The second-order valence-electron chi connectivity index (χ2n) is 8.03. The first-order chi connectivity index (χ1) is 14.4. The Morgan fingerprint density at radius 1 is 1.07 bits per heavy atom. The molecule has 0 spiro atoms. The first-order valence-corrected chi connectivity index (χ1v) is 10.3. The Morgan fingerprint density at radius 2 is 1.77 bits per heavy atom. The number of piperazine rings is 1. The van der Waals surface area contributed by atoms with Gasteiger partial charge < -0.3 is 20.9 Å². The van der Waals surface area contributed by atoms with Crippen LogP contribution in [0.25, 0.3) is 10.9 Å². The molecule has 1 saturated heterocycles. The Labute approximate surface area is 176 Å². The van der Waals surface area contributed by atoms with Gasteiger partial charge in [0.25, 0.3) is 5.91 Å². The minimum absolute atomic E-state index is 0.0924. The molecule has 0 saturated carbocycles. The molecule has 2 aromatic carbocycles. The summed E-state index contributed by atoms with van der Waals surface area (Å²) in [6, 6.07) is 13.6. The number of aryl methyl sites for hydroxylation is 1. The lowest BCUT2D eigenvalue weighted by atomic mass is 10.1. The minimum Gasteiger partial charge on any atom is -0.368 e. The van der Waals surface area contributed by atoms with E-state index >= 15 is 0 Å². The predicted octanol–water partition coefficient (Wildman–Crippen LogP) is 2.76. The molecule has 4 rings (SSSR count). The van der Waals surface area contributed by atoms with Crippen LogP contribution >= 0.6 is 0 Å². The van der Waals surface area contributed by atoms with E-state index in [0.717, 1.165) is 42.9 Å². The lowest BCUT2D eigenvalue weighted by Gasteiger charge is -2.33. The van der Waals surface area contributed by atoms with Crippen LogP contribution in [0, 0.1) is 6.92 Å². The topological polar surface area (TPSA) is 87.4 Å². The van der Waals surface area contributed by atoms with Crippen molar-refractivity contribution in [3.05, 3.63) is 59.2 Å². The highest BCUT2D eigenvalue weighted by molar-refractivity contribution is 6.00. The number of carbonyl (C=O) groups excluding carboxylic acids is 1. The molecule has 7 heteroatoms. The normalized spacial score (nSPS) is 15.9. The summed E-state index contributed by atoms with van der Waals surface area (Å²) >= 11 is 0. The minimum atomic E-state index is -0.136. The first-order valence-electron chi connectivity index (χ1n) is 10.3. The number of fused-ring (bicyclic) bond motifs is 1. The molecule has 3 aromatic rings. The van der Waals surface area contributed by atoms with Crippen molar-refractivity contribution in [3.8, 4) is 0 Å². The fraction of sp³-hybridized carbons (Fsp3) is 0.348. The summed E-state index contributed by atoms with van der Waals surface area (Å²) in [4.78, 5) is 26.3. The number of hydrogen-bond acceptors (Lipinski definition) is 6. The molecule has 156 valence electrons. The standard InChI is InChI=1S/C23H28N6O/c1-15-4-6-17(7-5-15)16(2)25-22(30)18-8-9-19-20(14-18)26-23(24)27-21(19)29-12-10-28(3)11-13-29/h4-9,14,16H,10-13H2,1-3H3,(H,25,30)(H2,24,26,27)/t16-/m0/s1. The number of anilines is 2. The third kappa shape index (κ3) is 4.21. The molecule has 1 aromatic heterocycles. The molecular weight excluding hydrogens is 376 g/mol. The first kappa shape index (κ1) is 20.1. The molecular formula is C23H28N6O. The monoisotopic (exact) mass is 404 g/mol. The number of nitrogen functional groups attached to an aromatic ring is 1. The van der Waals surface area contributed by atoms with Gasteiger partial charge >= 0.3 is 0 Å². The average molecular weight is 405 g/mol. The number of carbonyl (C=O) groups is 1. The Bertz CT molecular complexity index is 1060. The van der Waals surface area contributed by atoms with E-state index < -0.39 is 0 Å². The van der Waals surface area contributed by atoms with Gasteiger partial charge in [0.1, 0.15) is 5.82 Å². The van der Waals surface area contributed by atoms with Gasteiger partial charge in [-0.1, -0.05) is 29.8 Å². The van der Waals surface area contributed by atoms with E-state index in [1.165, 1.54) is 5.56 Å². The third-order valence-electron chi connectivity index (χ3n) is 5.68. The zero-order valence-electron chi connectivity index (χ0n) is 17.7. The summed E-state index contributed by atoms with van der Waals surface area (Å²) in [6.07, 6.45) is 0. The van der Waals surface area contributed by atoms with E-state index in [0.29, 0.717) is 11.1 Å². The van der Waals surface area contributed by atoms with Gasteiger partial charge in [-0.05, 0) is 44.7 Å². The Morgan fingerprint density at radius 3 is 2.47 bits per heavy atom. The molecule has 1 atom stereocenters. The molecule has 7 nitrogen and oxygen atoms in total. The summed E-state index contributed by atoms with van der Waals surface area (Å²) in [5.74, 6) is 0.927.